The maximum Gasteiger partial charge on any atom is 0.310 e. The van der Waals surface area contributed by atoms with Crippen LogP contribution in [0.1, 0.15) is 25.3 Å². The van der Waals surface area contributed by atoms with E-state index in [4.69, 9.17) is 12.2 Å². The van der Waals surface area contributed by atoms with Gasteiger partial charge in [-0.15, -0.1) is 0 Å². The molecule has 3 N–H and O–H groups in total. The van der Waals surface area contributed by atoms with E-state index in [1.165, 1.54) is 0 Å². The van der Waals surface area contributed by atoms with Gasteiger partial charge in [0.2, 0.25) is 0 Å². The molecule has 1 aliphatic carbocycles. The predicted octanol–water partition coefficient (Wildman–Crippen LogP) is 3.32. The van der Waals surface area contributed by atoms with Crippen molar-refractivity contribution in [2.45, 2.75) is 26.3 Å². The van der Waals surface area contributed by atoms with Crippen LogP contribution in [-0.4, -0.2) is 26.8 Å². The number of allylic oxidation sites excluding steroid dienone is 1. The summed E-state index contributed by atoms with van der Waals surface area (Å²) in [5, 5.41) is 15.9. The van der Waals surface area contributed by atoms with Crippen molar-refractivity contribution in [2.24, 2.45) is 5.41 Å². The number of ketones is 1. The van der Waals surface area contributed by atoms with Crippen LogP contribution in [0.3, 0.4) is 0 Å². The summed E-state index contributed by atoms with van der Waals surface area (Å²) in [5.74, 6) is -1.27. The lowest BCUT2D eigenvalue weighted by Gasteiger charge is -2.32. The van der Waals surface area contributed by atoms with Crippen molar-refractivity contribution < 1.29 is 14.7 Å². The number of Topliss-reactive ketones (excluding diaryl/α,β-unsaturated/α-hetero) is 1. The minimum absolute atomic E-state index is 0.0886. The number of hydrogen-bond donors (Lipinski definition) is 3. The number of anilines is 1. The van der Waals surface area contributed by atoms with Gasteiger partial charge in [0.25, 0.3) is 0 Å². The number of hydrogen-bond acceptors (Lipinski definition) is 5. The standard InChI is InChI=1S/C21H21N3O3S/c1-21(20(26)27)11-16(23-13-14-7-9-22-10-8-14)18(17(25)12-21)19(28)24-15-5-3-2-4-6-15/h2-10,23H,11-13H2,1H3,(H,24,28)(H,26,27). The quantitative estimate of drug-likeness (QED) is 0.646. The maximum absolute atomic E-state index is 12.9. The highest BCUT2D eigenvalue weighted by Crippen LogP contribution is 2.37. The lowest BCUT2D eigenvalue weighted by atomic mass is 9.74. The third-order valence-electron chi connectivity index (χ3n) is 4.73. The Morgan fingerprint density at radius 3 is 2.50 bits per heavy atom. The van der Waals surface area contributed by atoms with Crippen molar-refractivity contribution in [1.29, 1.82) is 0 Å². The van der Waals surface area contributed by atoms with Crippen LogP contribution in [-0.2, 0) is 16.1 Å². The molecule has 1 aromatic carbocycles. The molecule has 0 fully saturated rings. The minimum Gasteiger partial charge on any atom is -0.481 e. The van der Waals surface area contributed by atoms with Gasteiger partial charge >= 0.3 is 5.97 Å². The summed E-state index contributed by atoms with van der Waals surface area (Å²) in [5.41, 5.74) is 1.48. The molecule has 1 unspecified atom stereocenters. The van der Waals surface area contributed by atoms with E-state index < -0.39 is 11.4 Å². The van der Waals surface area contributed by atoms with E-state index in [-0.39, 0.29) is 18.6 Å². The Labute approximate surface area is 168 Å². The number of nitrogens with one attached hydrogen (secondary N) is 2. The van der Waals surface area contributed by atoms with Crippen molar-refractivity contribution in [2.75, 3.05) is 5.32 Å². The van der Waals surface area contributed by atoms with E-state index in [1.54, 1.807) is 19.3 Å². The van der Waals surface area contributed by atoms with E-state index in [1.807, 2.05) is 42.5 Å². The SMILES string of the molecule is CC1(C(=O)O)CC(=O)C(C(=S)Nc2ccccc2)=C(NCc2ccncc2)C1. The number of rotatable bonds is 6. The van der Waals surface area contributed by atoms with Gasteiger partial charge in [0.1, 0.15) is 4.99 Å². The topological polar surface area (TPSA) is 91.3 Å². The molecule has 7 heteroatoms. The van der Waals surface area contributed by atoms with Crippen molar-refractivity contribution >= 4 is 34.6 Å². The third-order valence-corrected chi connectivity index (χ3v) is 5.03. The molecule has 1 aliphatic rings. The van der Waals surface area contributed by atoms with Crippen LogP contribution >= 0.6 is 12.2 Å². The van der Waals surface area contributed by atoms with Gasteiger partial charge < -0.3 is 15.7 Å². The summed E-state index contributed by atoms with van der Waals surface area (Å²) < 4.78 is 0. The molecule has 0 saturated carbocycles. The molecular weight excluding hydrogens is 374 g/mol. The number of carboxylic acids is 1. The monoisotopic (exact) mass is 395 g/mol. The Morgan fingerprint density at radius 1 is 1.18 bits per heavy atom. The molecule has 0 aliphatic heterocycles. The molecule has 2 aromatic rings. The largest absolute Gasteiger partial charge is 0.481 e. The normalized spacial score (nSPS) is 19.2. The summed E-state index contributed by atoms with van der Waals surface area (Å²) in [4.78, 5) is 28.9. The van der Waals surface area contributed by atoms with Gasteiger partial charge in [0.15, 0.2) is 5.78 Å². The number of benzene rings is 1. The van der Waals surface area contributed by atoms with Gasteiger partial charge in [-0.1, -0.05) is 30.4 Å². The number of carboxylic acid groups (broad SMARTS) is 1. The van der Waals surface area contributed by atoms with E-state index in [0.29, 0.717) is 22.8 Å². The second-order valence-corrected chi connectivity index (χ2v) is 7.43. The molecule has 0 radical (unpaired) electrons. The average Bonchev–Trinajstić information content (AvgIpc) is 2.67. The molecule has 0 amide bonds. The summed E-state index contributed by atoms with van der Waals surface area (Å²) in [7, 11) is 0. The first-order valence-corrected chi connectivity index (χ1v) is 9.29. The minimum atomic E-state index is -1.16. The summed E-state index contributed by atoms with van der Waals surface area (Å²) in [6.45, 7) is 2.03. The highest BCUT2D eigenvalue weighted by atomic mass is 32.1. The van der Waals surface area contributed by atoms with Crippen molar-refractivity contribution in [1.82, 2.24) is 10.3 Å². The Morgan fingerprint density at radius 2 is 1.86 bits per heavy atom. The molecular formula is C21H21N3O3S. The molecule has 1 aromatic heterocycles. The van der Waals surface area contributed by atoms with Crippen LogP contribution in [0.2, 0.25) is 0 Å². The zero-order chi connectivity index (χ0) is 20.1. The Kier molecular flexibility index (Phi) is 5.84. The lowest BCUT2D eigenvalue weighted by Crippen LogP contribution is -2.40. The molecule has 1 heterocycles. The number of pyridine rings is 1. The zero-order valence-corrected chi connectivity index (χ0v) is 16.3. The van der Waals surface area contributed by atoms with Gasteiger partial charge in [-0.25, -0.2) is 0 Å². The van der Waals surface area contributed by atoms with E-state index in [9.17, 15) is 14.7 Å². The number of para-hydroxylation sites is 1. The van der Waals surface area contributed by atoms with Gasteiger partial charge in [-0.3, -0.25) is 14.6 Å². The molecule has 1 atom stereocenters. The van der Waals surface area contributed by atoms with Gasteiger partial charge in [-0.05, 0) is 36.8 Å². The van der Waals surface area contributed by atoms with Crippen LogP contribution in [0, 0.1) is 5.41 Å². The second kappa shape index (κ2) is 8.31. The van der Waals surface area contributed by atoms with E-state index >= 15 is 0 Å². The predicted molar refractivity (Wildman–Crippen MR) is 111 cm³/mol. The number of nitrogens with zero attached hydrogens (tertiary/aromatic N) is 1. The highest BCUT2D eigenvalue weighted by molar-refractivity contribution is 7.81. The fraction of sp³-hybridized carbons (Fsp3) is 0.238. The first-order chi connectivity index (χ1) is 13.4. The first kappa shape index (κ1) is 19.7. The summed E-state index contributed by atoms with van der Waals surface area (Å²) >= 11 is 5.49. The zero-order valence-electron chi connectivity index (χ0n) is 15.4. The third kappa shape index (κ3) is 4.43. The number of carbonyl (C=O) groups is 2. The number of aromatic nitrogens is 1. The number of aliphatic carboxylic acids is 1. The molecule has 0 saturated heterocycles. The van der Waals surface area contributed by atoms with E-state index in [0.717, 1.165) is 11.3 Å². The second-order valence-electron chi connectivity index (χ2n) is 7.03. The summed E-state index contributed by atoms with van der Waals surface area (Å²) in [6, 6.07) is 13.0. The van der Waals surface area contributed by atoms with Crippen molar-refractivity contribution in [3.8, 4) is 0 Å². The first-order valence-electron chi connectivity index (χ1n) is 8.88. The Balaban J connectivity index is 1.91. The molecule has 6 nitrogen and oxygen atoms in total. The highest BCUT2D eigenvalue weighted by Gasteiger charge is 2.43. The van der Waals surface area contributed by atoms with Gasteiger partial charge in [-0.2, -0.15) is 0 Å². The molecule has 0 bridgehead atoms. The summed E-state index contributed by atoms with van der Waals surface area (Å²) in [6.07, 6.45) is 3.47. The average molecular weight is 395 g/mol. The van der Waals surface area contributed by atoms with Crippen LogP contribution < -0.4 is 10.6 Å². The van der Waals surface area contributed by atoms with Crippen molar-refractivity contribution in [3.05, 3.63) is 71.7 Å². The van der Waals surface area contributed by atoms with Gasteiger partial charge in [0, 0.05) is 43.2 Å². The Hall–Kier alpha value is -3.06. The van der Waals surface area contributed by atoms with Crippen LogP contribution in [0.4, 0.5) is 5.69 Å². The fourth-order valence-electron chi connectivity index (χ4n) is 3.14. The molecule has 144 valence electrons. The maximum atomic E-state index is 12.9. The molecule has 28 heavy (non-hydrogen) atoms. The van der Waals surface area contributed by atoms with Gasteiger partial charge in [0.05, 0.1) is 11.0 Å². The van der Waals surface area contributed by atoms with E-state index in [2.05, 4.69) is 15.6 Å². The number of thiocarbonyl (C=S) groups is 1. The lowest BCUT2D eigenvalue weighted by molar-refractivity contribution is -0.150. The molecule has 0 spiro atoms. The van der Waals surface area contributed by atoms with Crippen molar-refractivity contribution in [3.63, 3.8) is 0 Å². The fourth-order valence-corrected chi connectivity index (χ4v) is 3.50. The molecule has 3 rings (SSSR count). The number of carbonyl (C=O) groups excluding carboxylic acids is 1. The van der Waals surface area contributed by atoms with Crippen LogP contribution in [0.5, 0.6) is 0 Å². The smallest absolute Gasteiger partial charge is 0.310 e. The van der Waals surface area contributed by atoms with Crippen LogP contribution in [0.25, 0.3) is 0 Å². The van der Waals surface area contributed by atoms with Crippen LogP contribution in [0.15, 0.2) is 66.1 Å². The Bertz CT molecular complexity index is 928.